The van der Waals surface area contributed by atoms with E-state index in [1.165, 1.54) is 12.1 Å². The summed E-state index contributed by atoms with van der Waals surface area (Å²) in [6.45, 7) is 2.54. The molecule has 0 radical (unpaired) electrons. The molecule has 0 spiro atoms. The third kappa shape index (κ3) is 3.73. The Labute approximate surface area is 132 Å². The number of hydrogen-bond donors (Lipinski definition) is 1. The molecule has 0 fully saturated rings. The molecule has 0 heterocycles. The highest BCUT2D eigenvalue weighted by Gasteiger charge is 2.20. The van der Waals surface area contributed by atoms with Gasteiger partial charge in [0.1, 0.15) is 11.6 Å². The fraction of sp³-hybridized carbons (Fsp3) is 0.250. The molecule has 0 aliphatic heterocycles. The van der Waals surface area contributed by atoms with Crippen LogP contribution in [0.1, 0.15) is 24.1 Å². The lowest BCUT2D eigenvalue weighted by Gasteiger charge is -2.21. The Bertz CT molecular complexity index is 611. The van der Waals surface area contributed by atoms with Crippen molar-refractivity contribution in [3.63, 3.8) is 0 Å². The average Bonchev–Trinajstić information content (AvgIpc) is 2.44. The highest BCUT2D eigenvalue weighted by molar-refractivity contribution is 6.32. The van der Waals surface area contributed by atoms with Gasteiger partial charge in [0.2, 0.25) is 0 Å². The molecule has 1 atom stereocenters. The molecule has 0 saturated carbocycles. The number of nitrogens with one attached hydrogen (secondary N) is 1. The Morgan fingerprint density at radius 1 is 1.05 bits per heavy atom. The first kappa shape index (κ1) is 16.2. The topological polar surface area (TPSA) is 12.0 Å². The van der Waals surface area contributed by atoms with Crippen LogP contribution in [-0.2, 0) is 6.42 Å². The highest BCUT2D eigenvalue weighted by Crippen LogP contribution is 2.31. The Kier molecular flexibility index (Phi) is 5.57. The van der Waals surface area contributed by atoms with Crippen LogP contribution in [0.15, 0.2) is 36.4 Å². The molecule has 21 heavy (non-hydrogen) atoms. The van der Waals surface area contributed by atoms with E-state index in [0.29, 0.717) is 29.1 Å². The van der Waals surface area contributed by atoms with E-state index in [9.17, 15) is 8.78 Å². The van der Waals surface area contributed by atoms with Crippen molar-refractivity contribution in [2.24, 2.45) is 0 Å². The largest absolute Gasteiger partial charge is 0.310 e. The molecule has 112 valence electrons. The van der Waals surface area contributed by atoms with Gasteiger partial charge in [-0.25, -0.2) is 8.78 Å². The van der Waals surface area contributed by atoms with Crippen molar-refractivity contribution in [3.05, 3.63) is 69.2 Å². The smallest absolute Gasteiger partial charge is 0.142 e. The summed E-state index contributed by atoms with van der Waals surface area (Å²) in [7, 11) is 0. The predicted octanol–water partition coefficient (Wildman–Crippen LogP) is 5.16. The zero-order valence-corrected chi connectivity index (χ0v) is 13.0. The minimum atomic E-state index is -0.482. The van der Waals surface area contributed by atoms with Crippen molar-refractivity contribution >= 4 is 23.2 Å². The number of likely N-dealkylation sites (N-methyl/N-ethyl adjacent to an activating group) is 1. The highest BCUT2D eigenvalue weighted by atomic mass is 35.5. The Morgan fingerprint density at radius 3 is 2.38 bits per heavy atom. The molecular formula is C16H15Cl2F2N. The van der Waals surface area contributed by atoms with Gasteiger partial charge in [-0.2, -0.15) is 0 Å². The lowest BCUT2D eigenvalue weighted by molar-refractivity contribution is 0.509. The number of rotatable bonds is 5. The van der Waals surface area contributed by atoms with Crippen LogP contribution in [0.2, 0.25) is 10.0 Å². The van der Waals surface area contributed by atoms with Gasteiger partial charge in [-0.1, -0.05) is 48.3 Å². The van der Waals surface area contributed by atoms with E-state index in [1.807, 2.05) is 6.92 Å². The minimum absolute atomic E-state index is 0.0628. The van der Waals surface area contributed by atoms with Gasteiger partial charge in [-0.3, -0.25) is 0 Å². The second-order valence-corrected chi connectivity index (χ2v) is 5.45. The van der Waals surface area contributed by atoms with Crippen molar-refractivity contribution in [3.8, 4) is 0 Å². The first-order valence-corrected chi connectivity index (χ1v) is 7.40. The average molecular weight is 330 g/mol. The molecule has 2 aromatic carbocycles. The second kappa shape index (κ2) is 7.21. The van der Waals surface area contributed by atoms with E-state index in [0.717, 1.165) is 0 Å². The number of halogens is 4. The summed E-state index contributed by atoms with van der Waals surface area (Å²) >= 11 is 12.1. The van der Waals surface area contributed by atoms with Gasteiger partial charge in [-0.05, 0) is 36.7 Å². The fourth-order valence-corrected chi connectivity index (χ4v) is 2.79. The van der Waals surface area contributed by atoms with Gasteiger partial charge >= 0.3 is 0 Å². The molecule has 1 nitrogen and oxygen atoms in total. The molecule has 1 unspecified atom stereocenters. The second-order valence-electron chi connectivity index (χ2n) is 4.66. The summed E-state index contributed by atoms with van der Waals surface area (Å²) in [6, 6.07) is 8.79. The molecule has 0 amide bonds. The molecule has 1 N–H and O–H groups in total. The standard InChI is InChI=1S/C16H15Cl2F2N/c1-2-21-14(15-11(17)6-4-7-12(15)19)9-10-5-3-8-13(20)16(10)18/h3-8,14,21H,2,9H2,1H3. The number of benzene rings is 2. The first-order chi connectivity index (χ1) is 10.0. The van der Waals surface area contributed by atoms with E-state index in [1.54, 1.807) is 24.3 Å². The summed E-state index contributed by atoms with van der Waals surface area (Å²) in [4.78, 5) is 0. The van der Waals surface area contributed by atoms with Crippen LogP contribution in [0.25, 0.3) is 0 Å². The zero-order valence-electron chi connectivity index (χ0n) is 11.5. The molecule has 2 aromatic rings. The van der Waals surface area contributed by atoms with Gasteiger partial charge in [0, 0.05) is 16.6 Å². The van der Waals surface area contributed by atoms with E-state index in [-0.39, 0.29) is 16.9 Å². The quantitative estimate of drug-likeness (QED) is 0.798. The molecular weight excluding hydrogens is 315 g/mol. The van der Waals surface area contributed by atoms with Gasteiger partial charge in [0.05, 0.1) is 5.02 Å². The van der Waals surface area contributed by atoms with Gasteiger partial charge < -0.3 is 5.32 Å². The third-order valence-corrected chi connectivity index (χ3v) is 4.01. The van der Waals surface area contributed by atoms with Crippen molar-refractivity contribution in [1.82, 2.24) is 5.32 Å². The lowest BCUT2D eigenvalue weighted by atomic mass is 9.98. The maximum Gasteiger partial charge on any atom is 0.142 e. The van der Waals surface area contributed by atoms with Gasteiger partial charge in [0.25, 0.3) is 0 Å². The summed E-state index contributed by atoms with van der Waals surface area (Å²) in [5.41, 5.74) is 0.989. The van der Waals surface area contributed by atoms with Crippen LogP contribution in [0.5, 0.6) is 0 Å². The Hall–Kier alpha value is -1.16. The summed E-state index contributed by atoms with van der Waals surface area (Å²) in [5, 5.41) is 3.57. The molecule has 0 bridgehead atoms. The van der Waals surface area contributed by atoms with Crippen molar-refractivity contribution in [2.75, 3.05) is 6.54 Å². The van der Waals surface area contributed by atoms with Crippen LogP contribution >= 0.6 is 23.2 Å². The fourth-order valence-electron chi connectivity index (χ4n) is 2.29. The van der Waals surface area contributed by atoms with Gasteiger partial charge in [-0.15, -0.1) is 0 Å². The molecule has 0 aromatic heterocycles. The van der Waals surface area contributed by atoms with Gasteiger partial charge in [0.15, 0.2) is 0 Å². The van der Waals surface area contributed by atoms with E-state index in [4.69, 9.17) is 23.2 Å². The molecule has 0 aliphatic carbocycles. The molecule has 0 aliphatic rings. The molecule has 5 heteroatoms. The molecule has 2 rings (SSSR count). The summed E-state index contributed by atoms with van der Waals surface area (Å²) < 4.78 is 27.6. The van der Waals surface area contributed by atoms with Crippen molar-refractivity contribution < 1.29 is 8.78 Å². The third-order valence-electron chi connectivity index (χ3n) is 3.25. The van der Waals surface area contributed by atoms with Crippen LogP contribution in [-0.4, -0.2) is 6.54 Å². The normalized spacial score (nSPS) is 12.4. The lowest BCUT2D eigenvalue weighted by Crippen LogP contribution is -2.24. The van der Waals surface area contributed by atoms with E-state index >= 15 is 0 Å². The maximum absolute atomic E-state index is 14.1. The Morgan fingerprint density at radius 2 is 1.71 bits per heavy atom. The summed E-state index contributed by atoms with van der Waals surface area (Å²) in [5.74, 6) is -0.870. The SMILES string of the molecule is CCNC(Cc1cccc(F)c1Cl)c1c(F)cccc1Cl. The van der Waals surface area contributed by atoms with E-state index < -0.39 is 5.82 Å². The zero-order chi connectivity index (χ0) is 15.4. The molecule has 0 saturated heterocycles. The van der Waals surface area contributed by atoms with Crippen LogP contribution in [0, 0.1) is 11.6 Å². The Balaban J connectivity index is 2.38. The predicted molar refractivity (Wildman–Crippen MR) is 82.9 cm³/mol. The van der Waals surface area contributed by atoms with Crippen LogP contribution < -0.4 is 5.32 Å². The maximum atomic E-state index is 14.1. The van der Waals surface area contributed by atoms with Crippen LogP contribution in [0.4, 0.5) is 8.78 Å². The minimum Gasteiger partial charge on any atom is -0.310 e. The monoisotopic (exact) mass is 329 g/mol. The van der Waals surface area contributed by atoms with Crippen molar-refractivity contribution in [2.45, 2.75) is 19.4 Å². The van der Waals surface area contributed by atoms with E-state index in [2.05, 4.69) is 5.32 Å². The first-order valence-electron chi connectivity index (χ1n) is 6.64. The summed E-state index contributed by atoms with van der Waals surface area (Å²) in [6.07, 6.45) is 0.352. The van der Waals surface area contributed by atoms with Crippen molar-refractivity contribution in [1.29, 1.82) is 0 Å². The number of hydrogen-bond acceptors (Lipinski definition) is 1. The van der Waals surface area contributed by atoms with Crippen LogP contribution in [0.3, 0.4) is 0 Å².